The highest BCUT2D eigenvalue weighted by Gasteiger charge is 2.23. The van der Waals surface area contributed by atoms with E-state index in [9.17, 15) is 4.79 Å². The molecule has 1 N–H and O–H groups in total. The minimum atomic E-state index is -0.447. The number of ether oxygens (including phenoxy) is 2. The van der Waals surface area contributed by atoms with Crippen LogP contribution in [0.4, 0.5) is 4.79 Å². The van der Waals surface area contributed by atoms with Crippen molar-refractivity contribution in [3.63, 3.8) is 0 Å². The Morgan fingerprint density at radius 3 is 2.46 bits per heavy atom. The zero-order chi connectivity index (χ0) is 17.6. The van der Waals surface area contributed by atoms with E-state index in [-0.39, 0.29) is 12.1 Å². The second kappa shape index (κ2) is 8.89. The predicted octanol–water partition coefficient (Wildman–Crippen LogP) is 3.66. The molecule has 6 heteroatoms. The Morgan fingerprint density at radius 2 is 1.88 bits per heavy atom. The molecule has 1 amide bonds. The molecule has 1 aliphatic heterocycles. The minimum absolute atomic E-state index is 0.202. The molecule has 1 aromatic carbocycles. The van der Waals surface area contributed by atoms with Crippen molar-refractivity contribution >= 4 is 28.7 Å². The van der Waals surface area contributed by atoms with E-state index in [0.717, 1.165) is 38.2 Å². The Balaban J connectivity index is 1.62. The number of hydrogen-bond donors (Lipinski definition) is 1. The zero-order valence-electron chi connectivity index (χ0n) is 14.7. The highest BCUT2D eigenvalue weighted by molar-refractivity contribution is 14.1. The largest absolute Gasteiger partial charge is 0.492 e. The summed E-state index contributed by atoms with van der Waals surface area (Å²) in [6, 6.07) is 8.29. The molecular formula is C18H27IN2O3. The highest BCUT2D eigenvalue weighted by atomic mass is 127. The Morgan fingerprint density at radius 1 is 1.25 bits per heavy atom. The van der Waals surface area contributed by atoms with Gasteiger partial charge in [-0.1, -0.05) is 0 Å². The third-order valence-corrected chi connectivity index (χ3v) is 4.52. The third-order valence-electron chi connectivity index (χ3n) is 3.80. The maximum absolute atomic E-state index is 11.8. The zero-order valence-corrected chi connectivity index (χ0v) is 16.8. The van der Waals surface area contributed by atoms with Crippen LogP contribution < -0.4 is 10.1 Å². The van der Waals surface area contributed by atoms with Crippen molar-refractivity contribution < 1.29 is 14.3 Å². The quantitative estimate of drug-likeness (QED) is 0.702. The molecule has 1 heterocycles. The summed E-state index contributed by atoms with van der Waals surface area (Å²) in [5.41, 5.74) is -0.447. The van der Waals surface area contributed by atoms with Crippen molar-refractivity contribution in [3.8, 4) is 5.75 Å². The van der Waals surface area contributed by atoms with E-state index >= 15 is 0 Å². The number of rotatable bonds is 5. The lowest BCUT2D eigenvalue weighted by Gasteiger charge is -2.32. The smallest absolute Gasteiger partial charge is 0.407 e. The topological polar surface area (TPSA) is 50.8 Å². The number of amides is 1. The number of likely N-dealkylation sites (tertiary alicyclic amines) is 1. The molecule has 1 fully saturated rings. The highest BCUT2D eigenvalue weighted by Crippen LogP contribution is 2.15. The molecule has 0 unspecified atom stereocenters. The number of carbonyl (C=O) groups excluding carboxylic acids is 1. The van der Waals surface area contributed by atoms with Crippen LogP contribution >= 0.6 is 22.6 Å². The average Bonchev–Trinajstić information content (AvgIpc) is 2.49. The first-order valence-electron chi connectivity index (χ1n) is 8.42. The maximum atomic E-state index is 11.8. The van der Waals surface area contributed by atoms with Crippen LogP contribution in [0.5, 0.6) is 5.75 Å². The summed E-state index contributed by atoms with van der Waals surface area (Å²) in [6.07, 6.45) is 1.58. The summed E-state index contributed by atoms with van der Waals surface area (Å²) in [4.78, 5) is 14.2. The molecule has 0 aromatic heterocycles. The van der Waals surface area contributed by atoms with Crippen LogP contribution in [0, 0.1) is 3.57 Å². The normalized spacial score (nSPS) is 16.7. The van der Waals surface area contributed by atoms with Gasteiger partial charge in [0.25, 0.3) is 0 Å². The first-order valence-corrected chi connectivity index (χ1v) is 9.50. The lowest BCUT2D eigenvalue weighted by Crippen LogP contribution is -2.46. The Bertz CT molecular complexity index is 520. The van der Waals surface area contributed by atoms with Crippen LogP contribution in [0.1, 0.15) is 33.6 Å². The summed E-state index contributed by atoms with van der Waals surface area (Å²) in [6.45, 7) is 9.16. The number of alkyl carbamates (subject to hydrolysis) is 1. The molecule has 0 bridgehead atoms. The summed E-state index contributed by atoms with van der Waals surface area (Å²) >= 11 is 2.28. The lowest BCUT2D eigenvalue weighted by molar-refractivity contribution is 0.0476. The van der Waals surface area contributed by atoms with E-state index in [1.165, 1.54) is 3.57 Å². The van der Waals surface area contributed by atoms with E-state index < -0.39 is 5.60 Å². The molecule has 0 aliphatic carbocycles. The molecular weight excluding hydrogens is 419 g/mol. The Labute approximate surface area is 158 Å². The lowest BCUT2D eigenvalue weighted by atomic mass is 10.1. The number of benzene rings is 1. The first-order chi connectivity index (χ1) is 11.3. The van der Waals surface area contributed by atoms with Gasteiger partial charge < -0.3 is 14.8 Å². The van der Waals surface area contributed by atoms with Crippen LogP contribution in [0.15, 0.2) is 24.3 Å². The molecule has 134 valence electrons. The van der Waals surface area contributed by atoms with E-state index in [2.05, 4.69) is 32.8 Å². The first kappa shape index (κ1) is 19.3. The second-order valence-corrected chi connectivity index (χ2v) is 8.31. The van der Waals surface area contributed by atoms with Gasteiger partial charge in [-0.05, 0) is 80.5 Å². The maximum Gasteiger partial charge on any atom is 0.407 e. The van der Waals surface area contributed by atoms with Gasteiger partial charge in [0.2, 0.25) is 0 Å². The van der Waals surface area contributed by atoms with Gasteiger partial charge in [0.1, 0.15) is 18.0 Å². The van der Waals surface area contributed by atoms with Gasteiger partial charge in [-0.3, -0.25) is 4.90 Å². The number of piperidine rings is 1. The molecule has 5 nitrogen and oxygen atoms in total. The van der Waals surface area contributed by atoms with Gasteiger partial charge in [0.15, 0.2) is 0 Å². The van der Waals surface area contributed by atoms with Gasteiger partial charge in [-0.2, -0.15) is 0 Å². The summed E-state index contributed by atoms with van der Waals surface area (Å²) in [5.74, 6) is 0.914. The summed E-state index contributed by atoms with van der Waals surface area (Å²) in [7, 11) is 0. The monoisotopic (exact) mass is 446 g/mol. The third kappa shape index (κ3) is 7.25. The van der Waals surface area contributed by atoms with Gasteiger partial charge in [0, 0.05) is 29.2 Å². The number of carbonyl (C=O) groups is 1. The van der Waals surface area contributed by atoms with Gasteiger partial charge in [-0.25, -0.2) is 4.79 Å². The molecule has 0 spiro atoms. The van der Waals surface area contributed by atoms with Crippen LogP contribution in [0.3, 0.4) is 0 Å². The second-order valence-electron chi connectivity index (χ2n) is 7.06. The number of hydrogen-bond acceptors (Lipinski definition) is 4. The van der Waals surface area contributed by atoms with Crippen molar-refractivity contribution in [2.75, 3.05) is 26.2 Å². The van der Waals surface area contributed by atoms with Gasteiger partial charge in [0.05, 0.1) is 0 Å². The van der Waals surface area contributed by atoms with E-state index in [0.29, 0.717) is 6.61 Å². The fourth-order valence-electron chi connectivity index (χ4n) is 2.60. The fourth-order valence-corrected chi connectivity index (χ4v) is 2.96. The van der Waals surface area contributed by atoms with E-state index in [1.807, 2.05) is 45.0 Å². The summed E-state index contributed by atoms with van der Waals surface area (Å²) < 4.78 is 12.3. The summed E-state index contributed by atoms with van der Waals surface area (Å²) in [5, 5.41) is 2.96. The van der Waals surface area contributed by atoms with Crippen molar-refractivity contribution in [2.45, 2.75) is 45.3 Å². The average molecular weight is 446 g/mol. The molecule has 1 aromatic rings. The van der Waals surface area contributed by atoms with Crippen LogP contribution in [-0.2, 0) is 4.74 Å². The van der Waals surface area contributed by atoms with Crippen LogP contribution in [-0.4, -0.2) is 48.9 Å². The molecule has 24 heavy (non-hydrogen) atoms. The van der Waals surface area contributed by atoms with Gasteiger partial charge >= 0.3 is 6.09 Å². The van der Waals surface area contributed by atoms with Crippen molar-refractivity contribution in [2.24, 2.45) is 0 Å². The molecule has 0 radical (unpaired) electrons. The van der Waals surface area contributed by atoms with E-state index in [1.54, 1.807) is 0 Å². The molecule has 1 saturated heterocycles. The van der Waals surface area contributed by atoms with Crippen LogP contribution in [0.2, 0.25) is 0 Å². The molecule has 2 rings (SSSR count). The van der Waals surface area contributed by atoms with Crippen molar-refractivity contribution in [1.29, 1.82) is 0 Å². The standard InChI is InChI=1S/C18H27IN2O3/c1-18(2,3)24-17(22)20-15-8-10-21(11-9-15)12-13-23-16-6-4-14(19)5-7-16/h4-7,15H,8-13H2,1-3H3,(H,20,22). The molecule has 0 saturated carbocycles. The Hall–Kier alpha value is -1.02. The van der Waals surface area contributed by atoms with E-state index in [4.69, 9.17) is 9.47 Å². The number of nitrogens with one attached hydrogen (secondary N) is 1. The SMILES string of the molecule is CC(C)(C)OC(=O)NC1CCN(CCOc2ccc(I)cc2)CC1. The predicted molar refractivity (Wildman–Crippen MR) is 103 cm³/mol. The molecule has 0 atom stereocenters. The minimum Gasteiger partial charge on any atom is -0.492 e. The van der Waals surface area contributed by atoms with Crippen molar-refractivity contribution in [1.82, 2.24) is 10.2 Å². The van der Waals surface area contributed by atoms with Crippen molar-refractivity contribution in [3.05, 3.63) is 27.8 Å². The van der Waals surface area contributed by atoms with Crippen LogP contribution in [0.25, 0.3) is 0 Å². The fraction of sp³-hybridized carbons (Fsp3) is 0.611. The van der Waals surface area contributed by atoms with Gasteiger partial charge in [-0.15, -0.1) is 0 Å². The Kier molecular flexibility index (Phi) is 7.16. The number of nitrogens with zero attached hydrogens (tertiary/aromatic N) is 1. The number of halogens is 1. The molecule has 1 aliphatic rings.